The maximum absolute atomic E-state index is 13.4. The van der Waals surface area contributed by atoms with Gasteiger partial charge in [0.05, 0.1) is 23.6 Å². The van der Waals surface area contributed by atoms with E-state index in [-0.39, 0.29) is 17.4 Å². The molecule has 1 fully saturated rings. The maximum Gasteiger partial charge on any atom is 0.262 e. The van der Waals surface area contributed by atoms with Gasteiger partial charge in [0.1, 0.15) is 23.7 Å². The summed E-state index contributed by atoms with van der Waals surface area (Å²) in [4.78, 5) is 22.8. The van der Waals surface area contributed by atoms with E-state index in [0.29, 0.717) is 42.9 Å². The van der Waals surface area contributed by atoms with Crippen LogP contribution in [0.2, 0.25) is 5.02 Å². The van der Waals surface area contributed by atoms with Gasteiger partial charge in [-0.25, -0.2) is 14.4 Å². The highest BCUT2D eigenvalue weighted by atomic mass is 35.5. The van der Waals surface area contributed by atoms with E-state index in [0.717, 1.165) is 30.2 Å². The van der Waals surface area contributed by atoms with Crippen LogP contribution in [0.5, 0.6) is 5.75 Å². The molecule has 8 nitrogen and oxygen atoms in total. The quantitative estimate of drug-likeness (QED) is 0.525. The molecule has 0 saturated carbocycles. The number of allylic oxidation sites excluding steroid dienone is 1. The first-order chi connectivity index (χ1) is 16.3. The van der Waals surface area contributed by atoms with Crippen LogP contribution in [0.15, 0.2) is 49.1 Å². The molecule has 1 amide bonds. The molecule has 1 aliphatic rings. The Morgan fingerprint density at radius 1 is 1.29 bits per heavy atom. The van der Waals surface area contributed by atoms with Crippen LogP contribution in [0.25, 0.3) is 12.7 Å². The number of hydrogen-bond donors (Lipinski definition) is 2. The van der Waals surface area contributed by atoms with Crippen LogP contribution >= 0.6 is 11.6 Å². The number of anilines is 1. The Kier molecular flexibility index (Phi) is 9.00. The molecule has 1 saturated heterocycles. The van der Waals surface area contributed by atoms with Gasteiger partial charge in [-0.3, -0.25) is 4.79 Å². The van der Waals surface area contributed by atoms with Crippen molar-refractivity contribution >= 4 is 36.0 Å². The van der Waals surface area contributed by atoms with Gasteiger partial charge in [0.2, 0.25) is 0 Å². The average molecular weight is 488 g/mol. The maximum atomic E-state index is 13.4. The normalized spacial score (nSPS) is 13.9. The predicted molar refractivity (Wildman–Crippen MR) is 130 cm³/mol. The lowest BCUT2D eigenvalue weighted by atomic mass is 10.2. The third kappa shape index (κ3) is 7.29. The second-order valence-corrected chi connectivity index (χ2v) is 7.93. The van der Waals surface area contributed by atoms with E-state index in [1.54, 1.807) is 0 Å². The molecule has 2 N–H and O–H groups in total. The first-order valence-corrected chi connectivity index (χ1v) is 11.0. The van der Waals surface area contributed by atoms with Crippen molar-refractivity contribution < 1.29 is 18.7 Å². The van der Waals surface area contributed by atoms with Gasteiger partial charge in [-0.15, -0.1) is 0 Å². The Labute approximate surface area is 202 Å². The minimum Gasteiger partial charge on any atom is -0.484 e. The smallest absolute Gasteiger partial charge is 0.262 e. The van der Waals surface area contributed by atoms with Crippen molar-refractivity contribution in [3.05, 3.63) is 70.5 Å². The van der Waals surface area contributed by atoms with Crippen LogP contribution in [0.3, 0.4) is 0 Å². The molecule has 1 aromatic carbocycles. The van der Waals surface area contributed by atoms with Gasteiger partial charge in [-0.2, -0.15) is 0 Å². The average Bonchev–Trinajstić information content (AvgIpc) is 2.81. The van der Waals surface area contributed by atoms with Gasteiger partial charge in [0, 0.05) is 48.7 Å². The number of amides is 1. The number of hydrogen-bond acceptors (Lipinski definition) is 7. The summed E-state index contributed by atoms with van der Waals surface area (Å²) in [6, 6.07) is 3.97. The van der Waals surface area contributed by atoms with Gasteiger partial charge in [-0.1, -0.05) is 31.3 Å². The van der Waals surface area contributed by atoms with Gasteiger partial charge < -0.3 is 25.0 Å². The van der Waals surface area contributed by atoms with Crippen LogP contribution in [-0.4, -0.2) is 55.3 Å². The summed E-state index contributed by atoms with van der Waals surface area (Å²) in [5, 5.41) is 7.23. The summed E-state index contributed by atoms with van der Waals surface area (Å²) in [7, 11) is 0. The number of benzene rings is 1. The zero-order valence-corrected chi connectivity index (χ0v) is 19.5. The lowest BCUT2D eigenvalue weighted by Crippen LogP contribution is -2.43. The molecule has 0 spiro atoms. The minimum absolute atomic E-state index is 0.0138. The Morgan fingerprint density at radius 2 is 2.06 bits per heavy atom. The second kappa shape index (κ2) is 12.2. The number of carbonyl (C=O) groups is 1. The summed E-state index contributed by atoms with van der Waals surface area (Å²) in [6.45, 7) is 14.9. The van der Waals surface area contributed by atoms with Crippen LogP contribution in [0, 0.1) is 5.82 Å². The summed E-state index contributed by atoms with van der Waals surface area (Å²) < 4.78 is 24.1. The molecule has 10 heteroatoms. The highest BCUT2D eigenvalue weighted by molar-refractivity contribution is 6.30. The van der Waals surface area contributed by atoms with E-state index >= 15 is 0 Å². The standard InChI is InChI=1S/C24H27ClFN5O3/c1-16(30-23(32)14-34-19-4-5-21(25)22(26)13-19)6-7-27-17(2)12-20-18(3)28-15-29-24(20)31-8-10-33-11-9-31/h4-5,12-13,15,27H,1-3,6-11,14H2,(H,30,32)/b20-12+. The van der Waals surface area contributed by atoms with E-state index in [1.165, 1.54) is 18.5 Å². The molecule has 1 aromatic heterocycles. The number of aromatic nitrogens is 2. The molecule has 0 bridgehead atoms. The van der Waals surface area contributed by atoms with Crippen LogP contribution in [0.4, 0.5) is 10.2 Å². The Balaban J connectivity index is 1.47. The molecule has 2 heterocycles. The minimum atomic E-state index is -0.614. The summed E-state index contributed by atoms with van der Waals surface area (Å²) in [6.07, 6.45) is 3.82. The fourth-order valence-electron chi connectivity index (χ4n) is 3.21. The lowest BCUT2D eigenvalue weighted by Gasteiger charge is -2.28. The van der Waals surface area contributed by atoms with Crippen LogP contribution in [0.1, 0.15) is 6.42 Å². The largest absolute Gasteiger partial charge is 0.484 e. The topological polar surface area (TPSA) is 88.6 Å². The fourth-order valence-corrected chi connectivity index (χ4v) is 3.32. The second-order valence-electron chi connectivity index (χ2n) is 7.52. The summed E-state index contributed by atoms with van der Waals surface area (Å²) >= 11 is 5.63. The third-order valence-corrected chi connectivity index (χ3v) is 5.24. The molecule has 0 unspecified atom stereocenters. The summed E-state index contributed by atoms with van der Waals surface area (Å²) in [5.74, 6) is -0.00740. The Morgan fingerprint density at radius 3 is 2.79 bits per heavy atom. The van der Waals surface area contributed by atoms with Crippen molar-refractivity contribution in [3.63, 3.8) is 0 Å². The van der Waals surface area contributed by atoms with Crippen molar-refractivity contribution in [1.29, 1.82) is 0 Å². The molecule has 0 atom stereocenters. The molecule has 0 aliphatic carbocycles. The highest BCUT2D eigenvalue weighted by Gasteiger charge is 2.14. The van der Waals surface area contributed by atoms with Crippen molar-refractivity contribution in [3.8, 4) is 5.75 Å². The SMILES string of the molecule is C=C(/C=c1/c(N2CCOCC2)ncnc1=C)NCCC(=C)NC(=O)COc1ccc(Cl)c(F)c1. The number of nitrogens with one attached hydrogen (secondary N) is 2. The van der Waals surface area contributed by atoms with Crippen molar-refractivity contribution in [2.45, 2.75) is 6.42 Å². The predicted octanol–water partition coefficient (Wildman–Crippen LogP) is 1.50. The number of nitrogens with zero attached hydrogens (tertiary/aromatic N) is 3. The monoisotopic (exact) mass is 487 g/mol. The first-order valence-electron chi connectivity index (χ1n) is 10.7. The number of ether oxygens (including phenoxy) is 2. The molecule has 1 aliphatic heterocycles. The van der Waals surface area contributed by atoms with Crippen molar-refractivity contribution in [2.24, 2.45) is 0 Å². The van der Waals surface area contributed by atoms with Crippen LogP contribution < -0.4 is 30.8 Å². The Bertz CT molecular complexity index is 1170. The molecule has 0 radical (unpaired) electrons. The van der Waals surface area contributed by atoms with E-state index in [2.05, 4.69) is 45.2 Å². The molecule has 2 aromatic rings. The number of carbonyl (C=O) groups excluding carboxylic acids is 1. The van der Waals surface area contributed by atoms with Crippen molar-refractivity contribution in [1.82, 2.24) is 20.6 Å². The zero-order valence-electron chi connectivity index (χ0n) is 18.8. The Hall–Kier alpha value is -3.43. The first kappa shape index (κ1) is 25.2. The van der Waals surface area contributed by atoms with E-state index in [9.17, 15) is 9.18 Å². The van der Waals surface area contributed by atoms with Gasteiger partial charge in [-0.05, 0) is 18.2 Å². The van der Waals surface area contributed by atoms with Gasteiger partial charge in [0.25, 0.3) is 5.91 Å². The van der Waals surface area contributed by atoms with E-state index < -0.39 is 11.7 Å². The molecular formula is C24H27ClFN5O3. The molecule has 34 heavy (non-hydrogen) atoms. The van der Waals surface area contributed by atoms with E-state index in [4.69, 9.17) is 21.1 Å². The number of morpholine rings is 1. The van der Waals surface area contributed by atoms with Gasteiger partial charge >= 0.3 is 0 Å². The highest BCUT2D eigenvalue weighted by Crippen LogP contribution is 2.20. The molecular weight excluding hydrogens is 461 g/mol. The zero-order chi connectivity index (χ0) is 24.5. The van der Waals surface area contributed by atoms with Crippen molar-refractivity contribution in [2.75, 3.05) is 44.4 Å². The summed E-state index contributed by atoms with van der Waals surface area (Å²) in [5.41, 5.74) is 1.16. The number of rotatable bonds is 10. The molecule has 3 rings (SSSR count). The molecule has 180 valence electrons. The fraction of sp³-hybridized carbons (Fsp3) is 0.292. The third-order valence-electron chi connectivity index (χ3n) is 4.93. The lowest BCUT2D eigenvalue weighted by molar-refractivity contribution is -0.122. The van der Waals surface area contributed by atoms with E-state index in [1.807, 2.05) is 6.08 Å². The van der Waals surface area contributed by atoms with Crippen LogP contribution in [-0.2, 0) is 9.53 Å². The number of halogens is 2. The van der Waals surface area contributed by atoms with Gasteiger partial charge in [0.15, 0.2) is 6.61 Å².